The summed E-state index contributed by atoms with van der Waals surface area (Å²) in [7, 11) is 0. The fourth-order valence-corrected chi connectivity index (χ4v) is 8.99. The summed E-state index contributed by atoms with van der Waals surface area (Å²) in [4.78, 5) is 12.4. The SMILES string of the molecule is c1ccc2c(c1)Oc1cc(-n3c4ccccc4n4c5ccccc5nc34)cc3c1B2c1ccccc1N3c1cccc2c1oc1nc3ccccc3n12. The molecule has 0 bridgehead atoms. The average molecular weight is 681 g/mol. The second-order valence-electron chi connectivity index (χ2n) is 13.8. The van der Waals surface area contributed by atoms with Crippen molar-refractivity contribution in [3.63, 3.8) is 0 Å². The molecule has 0 saturated carbocycles. The first-order valence-electron chi connectivity index (χ1n) is 17.8. The van der Waals surface area contributed by atoms with Gasteiger partial charge < -0.3 is 14.1 Å². The zero-order valence-corrected chi connectivity index (χ0v) is 28.0. The Hall–Kier alpha value is -7.26. The summed E-state index contributed by atoms with van der Waals surface area (Å²) >= 11 is 0. The molecular weight excluding hydrogens is 655 g/mol. The number of anilines is 3. The molecule has 0 atom stereocenters. The first kappa shape index (κ1) is 27.5. The minimum Gasteiger partial charge on any atom is -0.458 e. The van der Waals surface area contributed by atoms with E-state index in [1.807, 2.05) is 30.3 Å². The van der Waals surface area contributed by atoms with Gasteiger partial charge >= 0.3 is 5.84 Å². The van der Waals surface area contributed by atoms with E-state index in [1.54, 1.807) is 0 Å². The minimum absolute atomic E-state index is 0.0287. The van der Waals surface area contributed by atoms with E-state index in [9.17, 15) is 0 Å². The van der Waals surface area contributed by atoms with Crippen LogP contribution in [-0.2, 0) is 0 Å². The third-order valence-electron chi connectivity index (χ3n) is 11.1. The van der Waals surface area contributed by atoms with Gasteiger partial charge in [0.05, 0.1) is 50.0 Å². The van der Waals surface area contributed by atoms with Gasteiger partial charge in [-0.05, 0) is 83.1 Å². The Morgan fingerprint density at radius 3 is 2.02 bits per heavy atom. The lowest BCUT2D eigenvalue weighted by Crippen LogP contribution is -2.59. The van der Waals surface area contributed by atoms with Crippen LogP contribution in [0.1, 0.15) is 0 Å². The third-order valence-corrected chi connectivity index (χ3v) is 11.1. The highest BCUT2D eigenvalue weighted by Gasteiger charge is 2.42. The molecule has 0 aliphatic carbocycles. The van der Waals surface area contributed by atoms with Crippen LogP contribution < -0.4 is 26.0 Å². The highest BCUT2D eigenvalue weighted by Crippen LogP contribution is 2.45. The second kappa shape index (κ2) is 9.74. The molecule has 13 rings (SSSR count). The molecule has 53 heavy (non-hydrogen) atoms. The molecule has 2 aliphatic heterocycles. The fraction of sp³-hybridized carbons (Fsp3) is 0. The van der Waals surface area contributed by atoms with Gasteiger partial charge in [-0.3, -0.25) is 13.4 Å². The van der Waals surface area contributed by atoms with Crippen molar-refractivity contribution in [3.05, 3.63) is 152 Å². The van der Waals surface area contributed by atoms with E-state index < -0.39 is 0 Å². The van der Waals surface area contributed by atoms with Crippen LogP contribution in [0, 0.1) is 0 Å². The van der Waals surface area contributed by atoms with Gasteiger partial charge in [0.2, 0.25) is 5.78 Å². The van der Waals surface area contributed by atoms with Crippen LogP contribution in [0.25, 0.3) is 61.5 Å². The summed E-state index contributed by atoms with van der Waals surface area (Å²) in [6, 6.07) is 53.0. The number of oxazole rings is 1. The number of rotatable bonds is 2. The van der Waals surface area contributed by atoms with Crippen LogP contribution in [0.4, 0.5) is 17.1 Å². The van der Waals surface area contributed by atoms with Gasteiger partial charge in [0.25, 0.3) is 6.71 Å². The van der Waals surface area contributed by atoms with Gasteiger partial charge in [-0.15, -0.1) is 0 Å². The second-order valence-corrected chi connectivity index (χ2v) is 13.8. The maximum atomic E-state index is 6.91. The van der Waals surface area contributed by atoms with Gasteiger partial charge in [-0.2, -0.15) is 4.98 Å². The van der Waals surface area contributed by atoms with Crippen LogP contribution in [-0.4, -0.2) is 30.0 Å². The van der Waals surface area contributed by atoms with E-state index in [0.29, 0.717) is 5.84 Å². The van der Waals surface area contributed by atoms with Crippen molar-refractivity contribution in [3.8, 4) is 17.2 Å². The van der Waals surface area contributed by atoms with Crippen molar-refractivity contribution in [2.75, 3.05) is 4.90 Å². The zero-order valence-electron chi connectivity index (χ0n) is 28.0. The standard InChI is InChI=1S/C44H25BN6O2/c1-5-16-31-27(12-1)45-28-13-2-10-23-39(28)52-40-25-26(48-34-19-8-9-20-35(34)50-32-17-6-3-14-29(32)46-43(48)50)24-38(41(40)45)49(31)36-21-11-22-37-42(36)53-44-47-30-15-4-7-18-33(30)51(37)44/h1-25H. The molecule has 0 unspecified atom stereocenters. The summed E-state index contributed by atoms with van der Waals surface area (Å²) in [6.45, 7) is -0.0287. The van der Waals surface area contributed by atoms with Crippen LogP contribution in [0.2, 0.25) is 0 Å². The molecule has 0 spiro atoms. The molecule has 2 aliphatic rings. The number of fused-ring (bicyclic) bond motifs is 14. The number of aromatic nitrogens is 5. The lowest BCUT2D eigenvalue weighted by atomic mass is 9.34. The molecule has 0 fully saturated rings. The van der Waals surface area contributed by atoms with Gasteiger partial charge in [0.15, 0.2) is 5.58 Å². The van der Waals surface area contributed by atoms with E-state index in [-0.39, 0.29) is 6.71 Å². The topological polar surface area (TPSA) is 65.1 Å². The van der Waals surface area contributed by atoms with Gasteiger partial charge in [0, 0.05) is 17.4 Å². The summed E-state index contributed by atoms with van der Waals surface area (Å²) < 4.78 is 20.3. The molecule has 9 heteroatoms. The Morgan fingerprint density at radius 2 is 1.15 bits per heavy atom. The minimum atomic E-state index is -0.0287. The maximum Gasteiger partial charge on any atom is 0.307 e. The lowest BCUT2D eigenvalue weighted by Gasteiger charge is -2.40. The number of para-hydroxylation sites is 9. The van der Waals surface area contributed by atoms with Crippen molar-refractivity contribution in [1.29, 1.82) is 0 Å². The van der Waals surface area contributed by atoms with Crippen LogP contribution in [0.3, 0.4) is 0 Å². The van der Waals surface area contributed by atoms with E-state index >= 15 is 0 Å². The number of benzene rings is 7. The molecular formula is C44H25BN6O2. The predicted octanol–water partition coefficient (Wildman–Crippen LogP) is 8.38. The predicted molar refractivity (Wildman–Crippen MR) is 211 cm³/mol. The smallest absolute Gasteiger partial charge is 0.307 e. The molecule has 4 aromatic heterocycles. The summed E-state index contributed by atoms with van der Waals surface area (Å²) in [5.74, 6) is 3.10. The normalized spacial score (nSPS) is 13.4. The van der Waals surface area contributed by atoms with E-state index in [2.05, 4.69) is 140 Å². The summed E-state index contributed by atoms with van der Waals surface area (Å²) in [6.07, 6.45) is 0. The highest BCUT2D eigenvalue weighted by atomic mass is 16.5. The number of imidazole rings is 3. The first-order valence-corrected chi connectivity index (χ1v) is 17.8. The Kier molecular flexibility index (Phi) is 5.05. The molecule has 8 nitrogen and oxygen atoms in total. The largest absolute Gasteiger partial charge is 0.458 e. The van der Waals surface area contributed by atoms with E-state index in [4.69, 9.17) is 19.1 Å². The van der Waals surface area contributed by atoms with Crippen LogP contribution >= 0.6 is 0 Å². The van der Waals surface area contributed by atoms with E-state index in [0.717, 1.165) is 95.2 Å². The van der Waals surface area contributed by atoms with Crippen molar-refractivity contribution in [2.45, 2.75) is 0 Å². The summed E-state index contributed by atoms with van der Waals surface area (Å²) in [5.41, 5.74) is 15.3. The number of nitrogens with zero attached hydrogens (tertiary/aromatic N) is 6. The molecule has 0 N–H and O–H groups in total. The molecule has 6 heterocycles. The molecule has 7 aromatic carbocycles. The first-order chi connectivity index (χ1) is 26.3. The van der Waals surface area contributed by atoms with Crippen molar-refractivity contribution < 1.29 is 9.15 Å². The Morgan fingerprint density at radius 1 is 0.491 bits per heavy atom. The molecule has 11 aromatic rings. The number of ether oxygens (including phenoxy) is 1. The fourth-order valence-electron chi connectivity index (χ4n) is 8.99. The van der Waals surface area contributed by atoms with Crippen molar-refractivity contribution in [1.82, 2.24) is 23.3 Å². The molecule has 0 radical (unpaired) electrons. The molecule has 0 saturated heterocycles. The number of hydrogen-bond acceptors (Lipinski definition) is 5. The van der Waals surface area contributed by atoms with Gasteiger partial charge in [-0.1, -0.05) is 78.9 Å². The van der Waals surface area contributed by atoms with Crippen molar-refractivity contribution >= 4 is 96.0 Å². The van der Waals surface area contributed by atoms with Crippen LogP contribution in [0.5, 0.6) is 11.5 Å². The zero-order chi connectivity index (χ0) is 34.4. The molecule has 246 valence electrons. The molecule has 0 amide bonds. The third kappa shape index (κ3) is 3.46. The van der Waals surface area contributed by atoms with Gasteiger partial charge in [-0.25, -0.2) is 4.98 Å². The summed E-state index contributed by atoms with van der Waals surface area (Å²) in [5, 5.41) is 0. The van der Waals surface area contributed by atoms with Crippen LogP contribution in [0.15, 0.2) is 156 Å². The van der Waals surface area contributed by atoms with Crippen molar-refractivity contribution in [2.24, 2.45) is 0 Å². The Labute approximate surface area is 301 Å². The monoisotopic (exact) mass is 680 g/mol. The Bertz CT molecular complexity index is 3370. The average Bonchev–Trinajstić information content (AvgIpc) is 3.95. The number of hydrogen-bond donors (Lipinski definition) is 0. The maximum absolute atomic E-state index is 6.91. The van der Waals surface area contributed by atoms with E-state index in [1.165, 1.54) is 5.46 Å². The Balaban J connectivity index is 1.15. The lowest BCUT2D eigenvalue weighted by molar-refractivity contribution is 0.487. The van der Waals surface area contributed by atoms with Gasteiger partial charge in [0.1, 0.15) is 11.5 Å². The quantitative estimate of drug-likeness (QED) is 0.172. The highest BCUT2D eigenvalue weighted by molar-refractivity contribution is 6.99.